The van der Waals surface area contributed by atoms with Gasteiger partial charge >= 0.3 is 0 Å². The Balaban J connectivity index is 2.27. The maximum absolute atomic E-state index is 12.5. The van der Waals surface area contributed by atoms with Crippen molar-refractivity contribution in [3.05, 3.63) is 53.1 Å². The second-order valence-corrected chi connectivity index (χ2v) is 6.27. The predicted octanol–water partition coefficient (Wildman–Crippen LogP) is 3.20. The van der Waals surface area contributed by atoms with Crippen molar-refractivity contribution in [1.82, 2.24) is 0 Å². The number of hydrogen-bond donors (Lipinski definition) is 1. The van der Waals surface area contributed by atoms with Crippen molar-refractivity contribution < 1.29 is 8.95 Å². The van der Waals surface area contributed by atoms with Gasteiger partial charge in [-0.05, 0) is 43.7 Å². The smallest absolute Gasteiger partial charge is 0.123 e. The molecule has 0 aliphatic rings. The van der Waals surface area contributed by atoms with Gasteiger partial charge in [-0.1, -0.05) is 17.7 Å². The largest absolute Gasteiger partial charge is 0.496 e. The zero-order valence-electron chi connectivity index (χ0n) is 12.0. The molecule has 0 aliphatic heterocycles. The third-order valence-corrected chi connectivity index (χ3v) is 4.58. The van der Waals surface area contributed by atoms with Crippen LogP contribution in [0, 0.1) is 13.8 Å². The summed E-state index contributed by atoms with van der Waals surface area (Å²) in [6.07, 6.45) is 0. The van der Waals surface area contributed by atoms with Crippen LogP contribution in [0.25, 0.3) is 0 Å². The highest BCUT2D eigenvalue weighted by molar-refractivity contribution is 7.84. The minimum absolute atomic E-state index is 0.439. The molecule has 2 N–H and O–H groups in total. The summed E-state index contributed by atoms with van der Waals surface area (Å²) in [5, 5.41) is 0. The van der Waals surface area contributed by atoms with Crippen LogP contribution in [-0.4, -0.2) is 11.3 Å². The fourth-order valence-corrected chi connectivity index (χ4v) is 3.24. The highest BCUT2D eigenvalue weighted by Gasteiger charge is 2.10. The Bertz CT molecular complexity index is 653. The van der Waals surface area contributed by atoms with Crippen LogP contribution in [0.3, 0.4) is 0 Å². The number of hydrogen-bond acceptors (Lipinski definition) is 3. The number of anilines is 1. The van der Waals surface area contributed by atoms with Crippen LogP contribution >= 0.6 is 0 Å². The zero-order valence-corrected chi connectivity index (χ0v) is 12.8. The van der Waals surface area contributed by atoms with Crippen LogP contribution in [0.2, 0.25) is 0 Å². The standard InChI is InChI=1S/C16H19NO2S/c1-11-4-7-16(19-3)13(8-11)10-20(18)14-5-6-15(17)12(2)9-14/h4-9H,10,17H2,1-3H3. The van der Waals surface area contributed by atoms with Crippen LogP contribution in [0.1, 0.15) is 16.7 Å². The van der Waals surface area contributed by atoms with Crippen molar-refractivity contribution in [2.24, 2.45) is 0 Å². The Morgan fingerprint density at radius 1 is 1.15 bits per heavy atom. The second kappa shape index (κ2) is 6.09. The Labute approximate surface area is 122 Å². The minimum Gasteiger partial charge on any atom is -0.496 e. The second-order valence-electron chi connectivity index (χ2n) is 4.82. The van der Waals surface area contributed by atoms with Crippen molar-refractivity contribution in [2.75, 3.05) is 12.8 Å². The molecule has 0 fully saturated rings. The van der Waals surface area contributed by atoms with E-state index >= 15 is 0 Å². The highest BCUT2D eigenvalue weighted by atomic mass is 32.2. The van der Waals surface area contributed by atoms with Gasteiger partial charge in [-0.15, -0.1) is 0 Å². The molecule has 106 valence electrons. The van der Waals surface area contributed by atoms with Gasteiger partial charge in [0.15, 0.2) is 0 Å². The molecule has 20 heavy (non-hydrogen) atoms. The number of nitrogens with two attached hydrogens (primary N) is 1. The Morgan fingerprint density at radius 2 is 1.90 bits per heavy atom. The van der Waals surface area contributed by atoms with Gasteiger partial charge in [0.2, 0.25) is 0 Å². The number of nitrogen functional groups attached to an aromatic ring is 1. The van der Waals surface area contributed by atoms with Crippen molar-refractivity contribution >= 4 is 16.5 Å². The number of benzene rings is 2. The van der Waals surface area contributed by atoms with Gasteiger partial charge in [0.25, 0.3) is 0 Å². The van der Waals surface area contributed by atoms with Crippen LogP contribution in [0.15, 0.2) is 41.3 Å². The third kappa shape index (κ3) is 3.20. The maximum Gasteiger partial charge on any atom is 0.123 e. The van der Waals surface area contributed by atoms with Crippen LogP contribution in [-0.2, 0) is 16.6 Å². The molecular formula is C16H19NO2S. The molecule has 0 aromatic heterocycles. The first kappa shape index (κ1) is 14.6. The molecule has 2 aromatic rings. The summed E-state index contributed by atoms with van der Waals surface area (Å²) < 4.78 is 17.8. The van der Waals surface area contributed by atoms with E-state index in [2.05, 4.69) is 0 Å². The minimum atomic E-state index is -1.11. The molecule has 0 amide bonds. The predicted molar refractivity (Wildman–Crippen MR) is 83.4 cm³/mol. The SMILES string of the molecule is COc1ccc(C)cc1CS(=O)c1ccc(N)c(C)c1. The third-order valence-electron chi connectivity index (χ3n) is 3.23. The van der Waals surface area contributed by atoms with E-state index in [1.54, 1.807) is 13.2 Å². The van der Waals surface area contributed by atoms with Gasteiger partial charge in [-0.3, -0.25) is 4.21 Å². The van der Waals surface area contributed by atoms with Crippen LogP contribution in [0.4, 0.5) is 5.69 Å². The molecule has 0 saturated heterocycles. The fourth-order valence-electron chi connectivity index (χ4n) is 2.03. The van der Waals surface area contributed by atoms with Gasteiger partial charge in [-0.2, -0.15) is 0 Å². The first-order valence-electron chi connectivity index (χ1n) is 6.39. The summed E-state index contributed by atoms with van der Waals surface area (Å²) in [5.74, 6) is 1.21. The van der Waals surface area contributed by atoms with Gasteiger partial charge in [-0.25, -0.2) is 0 Å². The average Bonchev–Trinajstić information content (AvgIpc) is 2.42. The van der Waals surface area contributed by atoms with Gasteiger partial charge in [0.05, 0.1) is 23.7 Å². The monoisotopic (exact) mass is 289 g/mol. The molecule has 0 heterocycles. The quantitative estimate of drug-likeness (QED) is 0.879. The topological polar surface area (TPSA) is 52.3 Å². The molecular weight excluding hydrogens is 270 g/mol. The Kier molecular flexibility index (Phi) is 4.45. The van der Waals surface area contributed by atoms with E-state index in [1.165, 1.54) is 0 Å². The van der Waals surface area contributed by atoms with Gasteiger partial charge < -0.3 is 10.5 Å². The zero-order chi connectivity index (χ0) is 14.7. The molecule has 0 bridgehead atoms. The number of rotatable bonds is 4. The number of aryl methyl sites for hydroxylation is 2. The molecule has 0 saturated carbocycles. The Morgan fingerprint density at radius 3 is 2.55 bits per heavy atom. The van der Waals surface area contributed by atoms with E-state index in [0.717, 1.165) is 33.0 Å². The fraction of sp³-hybridized carbons (Fsp3) is 0.250. The first-order chi connectivity index (χ1) is 9.51. The molecule has 1 atom stereocenters. The average molecular weight is 289 g/mol. The van der Waals surface area contributed by atoms with Crippen molar-refractivity contribution in [2.45, 2.75) is 24.5 Å². The summed E-state index contributed by atoms with van der Waals surface area (Å²) in [4.78, 5) is 0.792. The number of ether oxygens (including phenoxy) is 1. The molecule has 0 radical (unpaired) electrons. The van der Waals surface area contributed by atoms with Crippen LogP contribution in [0.5, 0.6) is 5.75 Å². The lowest BCUT2D eigenvalue weighted by Crippen LogP contribution is -2.01. The van der Waals surface area contributed by atoms with Crippen molar-refractivity contribution in [3.8, 4) is 5.75 Å². The molecule has 2 rings (SSSR count). The molecule has 3 nitrogen and oxygen atoms in total. The lowest BCUT2D eigenvalue weighted by atomic mass is 10.1. The molecule has 1 unspecified atom stereocenters. The van der Waals surface area contributed by atoms with E-state index in [4.69, 9.17) is 10.5 Å². The molecule has 0 aliphatic carbocycles. The summed E-state index contributed by atoms with van der Waals surface area (Å²) >= 11 is 0. The van der Waals surface area contributed by atoms with Crippen LogP contribution < -0.4 is 10.5 Å². The molecule has 0 spiro atoms. The van der Waals surface area contributed by atoms with Gasteiger partial charge in [0.1, 0.15) is 5.75 Å². The maximum atomic E-state index is 12.5. The Hall–Kier alpha value is -1.81. The van der Waals surface area contributed by atoms with E-state index in [0.29, 0.717) is 5.75 Å². The summed E-state index contributed by atoms with van der Waals surface area (Å²) in [5.41, 5.74) is 9.55. The van der Waals surface area contributed by atoms with Gasteiger partial charge in [0, 0.05) is 16.1 Å². The summed E-state index contributed by atoms with van der Waals surface area (Å²) in [7, 11) is 0.521. The summed E-state index contributed by atoms with van der Waals surface area (Å²) in [6, 6.07) is 11.4. The first-order valence-corrected chi connectivity index (χ1v) is 7.71. The lowest BCUT2D eigenvalue weighted by Gasteiger charge is -2.10. The molecule has 2 aromatic carbocycles. The van der Waals surface area contributed by atoms with E-state index < -0.39 is 10.8 Å². The number of methoxy groups -OCH3 is 1. The lowest BCUT2D eigenvalue weighted by molar-refractivity contribution is 0.411. The molecule has 4 heteroatoms. The van der Waals surface area contributed by atoms with E-state index in [-0.39, 0.29) is 0 Å². The van der Waals surface area contributed by atoms with Crippen molar-refractivity contribution in [1.29, 1.82) is 0 Å². The van der Waals surface area contributed by atoms with E-state index in [9.17, 15) is 4.21 Å². The van der Waals surface area contributed by atoms with E-state index in [1.807, 2.05) is 44.2 Å². The highest BCUT2D eigenvalue weighted by Crippen LogP contribution is 2.24. The van der Waals surface area contributed by atoms with Crippen molar-refractivity contribution in [3.63, 3.8) is 0 Å². The normalized spacial score (nSPS) is 12.2. The summed E-state index contributed by atoms with van der Waals surface area (Å²) in [6.45, 7) is 3.93.